The summed E-state index contributed by atoms with van der Waals surface area (Å²) in [5, 5.41) is 7.34. The number of anilines is 2. The van der Waals surface area contributed by atoms with Gasteiger partial charge in [0.25, 0.3) is 0 Å². The summed E-state index contributed by atoms with van der Waals surface area (Å²) in [6.07, 6.45) is 8.75. The van der Waals surface area contributed by atoms with Gasteiger partial charge in [-0.3, -0.25) is 5.10 Å². The van der Waals surface area contributed by atoms with Gasteiger partial charge in [-0.25, -0.2) is 4.98 Å². The maximum Gasteiger partial charge on any atom is 0.222 e. The van der Waals surface area contributed by atoms with Crippen LogP contribution in [0.2, 0.25) is 0 Å². The molecule has 6 nitrogen and oxygen atoms in total. The zero-order valence-corrected chi connectivity index (χ0v) is 13.7. The molecule has 3 heterocycles. The van der Waals surface area contributed by atoms with Crippen LogP contribution in [0.1, 0.15) is 54.1 Å². The number of nitrogens with zero attached hydrogens (tertiary/aromatic N) is 4. The predicted molar refractivity (Wildman–Crippen MR) is 90.6 cm³/mol. The van der Waals surface area contributed by atoms with Crippen molar-refractivity contribution in [3.8, 4) is 0 Å². The van der Waals surface area contributed by atoms with Crippen molar-refractivity contribution in [3.63, 3.8) is 0 Å². The molecule has 0 unspecified atom stereocenters. The number of aryl methyl sites for hydroxylation is 2. The third-order valence-corrected chi connectivity index (χ3v) is 5.25. The van der Waals surface area contributed by atoms with Gasteiger partial charge < -0.3 is 10.6 Å². The number of H-pyrrole nitrogens is 1. The summed E-state index contributed by atoms with van der Waals surface area (Å²) in [6, 6.07) is 0. The summed E-state index contributed by atoms with van der Waals surface area (Å²) in [5.74, 6) is 2.09. The van der Waals surface area contributed by atoms with Gasteiger partial charge in [-0.05, 0) is 51.0 Å². The number of hydrogen-bond acceptors (Lipinski definition) is 5. The quantitative estimate of drug-likeness (QED) is 0.889. The lowest BCUT2D eigenvalue weighted by Gasteiger charge is -2.34. The van der Waals surface area contributed by atoms with Gasteiger partial charge in [0.2, 0.25) is 5.95 Å². The molecule has 1 aliphatic heterocycles. The lowest BCUT2D eigenvalue weighted by Crippen LogP contribution is -2.35. The number of aromatic nitrogens is 4. The first-order valence-corrected chi connectivity index (χ1v) is 8.62. The van der Waals surface area contributed by atoms with E-state index in [9.17, 15) is 0 Å². The van der Waals surface area contributed by atoms with Crippen LogP contribution < -0.4 is 10.6 Å². The van der Waals surface area contributed by atoms with E-state index in [0.29, 0.717) is 11.9 Å². The molecule has 1 aliphatic carbocycles. The molecule has 2 aliphatic rings. The Morgan fingerprint density at radius 1 is 1.17 bits per heavy atom. The minimum Gasteiger partial charge on any atom is -0.368 e. The number of nitrogen functional groups attached to an aromatic ring is 1. The smallest absolute Gasteiger partial charge is 0.222 e. The zero-order valence-electron chi connectivity index (χ0n) is 13.7. The Morgan fingerprint density at radius 2 is 1.96 bits per heavy atom. The number of nitrogens with one attached hydrogen (secondary N) is 1. The molecule has 0 saturated carbocycles. The molecular weight excluding hydrogens is 288 g/mol. The molecule has 4 rings (SSSR count). The van der Waals surface area contributed by atoms with Crippen molar-refractivity contribution >= 4 is 11.8 Å². The Bertz CT molecular complexity index is 699. The van der Waals surface area contributed by atoms with E-state index in [1.165, 1.54) is 35.4 Å². The van der Waals surface area contributed by atoms with Crippen molar-refractivity contribution in [2.75, 3.05) is 23.7 Å². The monoisotopic (exact) mass is 312 g/mol. The van der Waals surface area contributed by atoms with Crippen LogP contribution in [0.15, 0.2) is 6.20 Å². The fraction of sp³-hybridized carbons (Fsp3) is 0.588. The number of hydrogen-bond donors (Lipinski definition) is 2. The number of aromatic amines is 1. The number of piperidine rings is 1. The van der Waals surface area contributed by atoms with E-state index in [1.807, 2.05) is 6.20 Å². The second kappa shape index (κ2) is 5.83. The van der Waals surface area contributed by atoms with E-state index in [0.717, 1.165) is 44.6 Å². The summed E-state index contributed by atoms with van der Waals surface area (Å²) >= 11 is 0. The molecule has 2 aromatic heterocycles. The van der Waals surface area contributed by atoms with Crippen molar-refractivity contribution in [1.82, 2.24) is 20.2 Å². The van der Waals surface area contributed by atoms with Gasteiger partial charge in [0.1, 0.15) is 5.82 Å². The van der Waals surface area contributed by atoms with E-state index < -0.39 is 0 Å². The van der Waals surface area contributed by atoms with Crippen LogP contribution in [0, 0.1) is 6.92 Å². The normalized spacial score (nSPS) is 18.9. The predicted octanol–water partition coefficient (Wildman–Crippen LogP) is 2.35. The highest BCUT2D eigenvalue weighted by Crippen LogP contribution is 2.34. The SMILES string of the molecule is Cc1cn[nH]c1C1CCN(c2nc(N)nc3c2CCCC3)CC1. The highest BCUT2D eigenvalue weighted by molar-refractivity contribution is 5.53. The average molecular weight is 312 g/mol. The van der Waals surface area contributed by atoms with Crippen LogP contribution in [-0.2, 0) is 12.8 Å². The molecule has 2 aromatic rings. The molecule has 23 heavy (non-hydrogen) atoms. The third kappa shape index (κ3) is 2.66. The topological polar surface area (TPSA) is 83.7 Å². The van der Waals surface area contributed by atoms with Crippen molar-refractivity contribution < 1.29 is 0 Å². The van der Waals surface area contributed by atoms with Crippen LogP contribution in [0.4, 0.5) is 11.8 Å². The van der Waals surface area contributed by atoms with Crippen LogP contribution >= 0.6 is 0 Å². The molecule has 6 heteroatoms. The summed E-state index contributed by atoms with van der Waals surface area (Å²) in [6.45, 7) is 4.17. The molecule has 0 atom stereocenters. The Hall–Kier alpha value is -2.11. The highest BCUT2D eigenvalue weighted by Gasteiger charge is 2.27. The van der Waals surface area contributed by atoms with Crippen molar-refractivity contribution in [2.24, 2.45) is 0 Å². The molecule has 0 amide bonds. The average Bonchev–Trinajstić information content (AvgIpc) is 3.00. The first-order chi connectivity index (χ1) is 11.2. The van der Waals surface area contributed by atoms with E-state index in [4.69, 9.17) is 5.73 Å². The zero-order chi connectivity index (χ0) is 15.8. The van der Waals surface area contributed by atoms with Crippen LogP contribution in [0.3, 0.4) is 0 Å². The number of rotatable bonds is 2. The van der Waals surface area contributed by atoms with Gasteiger partial charge in [0.15, 0.2) is 0 Å². The fourth-order valence-electron chi connectivity index (χ4n) is 4.00. The van der Waals surface area contributed by atoms with Crippen molar-refractivity contribution in [3.05, 3.63) is 28.7 Å². The minimum atomic E-state index is 0.423. The van der Waals surface area contributed by atoms with Crippen LogP contribution in [0.5, 0.6) is 0 Å². The van der Waals surface area contributed by atoms with E-state index in [1.54, 1.807) is 0 Å². The fourth-order valence-corrected chi connectivity index (χ4v) is 4.00. The summed E-state index contributed by atoms with van der Waals surface area (Å²) in [7, 11) is 0. The first-order valence-electron chi connectivity index (χ1n) is 8.62. The van der Waals surface area contributed by atoms with E-state index in [2.05, 4.69) is 32.0 Å². The molecule has 1 saturated heterocycles. The Kier molecular flexibility index (Phi) is 3.67. The summed E-state index contributed by atoms with van der Waals surface area (Å²) < 4.78 is 0. The van der Waals surface area contributed by atoms with Gasteiger partial charge in [0, 0.05) is 30.3 Å². The lowest BCUT2D eigenvalue weighted by atomic mass is 9.90. The van der Waals surface area contributed by atoms with Crippen LogP contribution in [-0.4, -0.2) is 33.3 Å². The van der Waals surface area contributed by atoms with Crippen LogP contribution in [0.25, 0.3) is 0 Å². The number of fused-ring (bicyclic) bond motifs is 1. The molecule has 0 bridgehead atoms. The van der Waals surface area contributed by atoms with E-state index >= 15 is 0 Å². The summed E-state index contributed by atoms with van der Waals surface area (Å²) in [4.78, 5) is 11.5. The van der Waals surface area contributed by atoms with Gasteiger partial charge in [-0.15, -0.1) is 0 Å². The van der Waals surface area contributed by atoms with Gasteiger partial charge in [-0.1, -0.05) is 0 Å². The molecule has 122 valence electrons. The molecule has 0 aromatic carbocycles. The summed E-state index contributed by atoms with van der Waals surface area (Å²) in [5.41, 5.74) is 11.0. The third-order valence-electron chi connectivity index (χ3n) is 5.25. The standard InChI is InChI=1S/C17H24N6/c1-11-10-19-22-15(11)12-6-8-23(9-7-12)16-13-4-2-3-5-14(13)20-17(18)21-16/h10,12H,2-9H2,1H3,(H,19,22)(H2,18,20,21). The maximum absolute atomic E-state index is 5.95. The number of nitrogens with two attached hydrogens (primary N) is 1. The molecule has 0 spiro atoms. The Labute approximate surface area is 136 Å². The van der Waals surface area contributed by atoms with Crippen molar-refractivity contribution in [2.45, 2.75) is 51.4 Å². The Morgan fingerprint density at radius 3 is 2.70 bits per heavy atom. The van der Waals surface area contributed by atoms with Gasteiger partial charge >= 0.3 is 0 Å². The lowest BCUT2D eigenvalue weighted by molar-refractivity contribution is 0.489. The second-order valence-electron chi connectivity index (χ2n) is 6.77. The molecular formula is C17H24N6. The second-order valence-corrected chi connectivity index (χ2v) is 6.77. The molecule has 0 radical (unpaired) electrons. The largest absolute Gasteiger partial charge is 0.368 e. The maximum atomic E-state index is 5.95. The molecule has 1 fully saturated rings. The molecule has 3 N–H and O–H groups in total. The highest BCUT2D eigenvalue weighted by atomic mass is 15.2. The van der Waals surface area contributed by atoms with E-state index in [-0.39, 0.29) is 0 Å². The first kappa shape index (κ1) is 14.5. The minimum absolute atomic E-state index is 0.423. The Balaban J connectivity index is 1.55. The van der Waals surface area contributed by atoms with Gasteiger partial charge in [-0.2, -0.15) is 10.1 Å². The van der Waals surface area contributed by atoms with Crippen molar-refractivity contribution in [1.29, 1.82) is 0 Å². The van der Waals surface area contributed by atoms with Gasteiger partial charge in [0.05, 0.1) is 11.9 Å².